The van der Waals surface area contributed by atoms with Crippen LogP contribution in [0.2, 0.25) is 0 Å². The summed E-state index contributed by atoms with van der Waals surface area (Å²) in [5.41, 5.74) is 2.77. The lowest BCUT2D eigenvalue weighted by Crippen LogP contribution is -2.42. The highest BCUT2D eigenvalue weighted by atomic mass is 16.5. The Morgan fingerprint density at radius 2 is 1.88 bits per heavy atom. The molecule has 2 aromatic rings. The van der Waals surface area contributed by atoms with E-state index in [-0.39, 0.29) is 12.0 Å². The highest BCUT2D eigenvalue weighted by Crippen LogP contribution is 2.24. The fourth-order valence-electron chi connectivity index (χ4n) is 3.64. The zero-order valence-corrected chi connectivity index (χ0v) is 15.1. The maximum absolute atomic E-state index is 12.9. The van der Waals surface area contributed by atoms with E-state index in [1.165, 1.54) is 18.5 Å². The number of aromatic nitrogens is 2. The maximum Gasteiger partial charge on any atom is 0.254 e. The third-order valence-corrected chi connectivity index (χ3v) is 5.07. The number of morpholine rings is 1. The van der Waals surface area contributed by atoms with Gasteiger partial charge in [0, 0.05) is 37.1 Å². The lowest BCUT2D eigenvalue weighted by Gasteiger charge is -2.32. The van der Waals surface area contributed by atoms with Crippen LogP contribution in [0.15, 0.2) is 36.5 Å². The van der Waals surface area contributed by atoms with Crippen molar-refractivity contribution in [3.63, 3.8) is 0 Å². The van der Waals surface area contributed by atoms with Gasteiger partial charge in [-0.05, 0) is 50.1 Å². The summed E-state index contributed by atoms with van der Waals surface area (Å²) in [7, 11) is 0. The molecule has 2 aliphatic rings. The zero-order valence-electron chi connectivity index (χ0n) is 15.1. The molecule has 0 spiro atoms. The Bertz CT molecular complexity index is 772. The Labute approximate surface area is 153 Å². The third kappa shape index (κ3) is 3.55. The fourth-order valence-corrected chi connectivity index (χ4v) is 3.64. The van der Waals surface area contributed by atoms with Crippen LogP contribution in [0.4, 0.5) is 5.69 Å². The number of carbonyl (C=O) groups is 1. The monoisotopic (exact) mass is 352 g/mol. The second kappa shape index (κ2) is 7.41. The molecule has 26 heavy (non-hydrogen) atoms. The van der Waals surface area contributed by atoms with Crippen LogP contribution in [0.1, 0.15) is 40.8 Å². The van der Waals surface area contributed by atoms with Crippen molar-refractivity contribution in [1.82, 2.24) is 14.9 Å². The summed E-state index contributed by atoms with van der Waals surface area (Å²) in [5.74, 6) is 0.768. The largest absolute Gasteiger partial charge is 0.372 e. The first-order valence-electron chi connectivity index (χ1n) is 9.26. The minimum atomic E-state index is -0.196. The standard InChI is InChI=1S/C20H24N4O2/c1-15-21-9-8-18(22-15)19-14-24(12-13-26-19)20(25)16-4-6-17(7-5-16)23-10-2-3-11-23/h4-9,19H,2-3,10-14H2,1H3/t19-/m0/s1. The van der Waals surface area contributed by atoms with Crippen LogP contribution in [-0.2, 0) is 4.74 Å². The molecule has 2 saturated heterocycles. The second-order valence-electron chi connectivity index (χ2n) is 6.88. The number of ether oxygens (including phenoxy) is 1. The van der Waals surface area contributed by atoms with Crippen molar-refractivity contribution < 1.29 is 9.53 Å². The Kier molecular flexibility index (Phi) is 4.84. The minimum Gasteiger partial charge on any atom is -0.372 e. The summed E-state index contributed by atoms with van der Waals surface area (Å²) < 4.78 is 5.83. The Morgan fingerprint density at radius 1 is 1.12 bits per heavy atom. The molecule has 136 valence electrons. The smallest absolute Gasteiger partial charge is 0.254 e. The number of anilines is 1. The first kappa shape index (κ1) is 17.0. The lowest BCUT2D eigenvalue weighted by atomic mass is 10.1. The average Bonchev–Trinajstić information content (AvgIpc) is 3.22. The van der Waals surface area contributed by atoms with Crippen LogP contribution >= 0.6 is 0 Å². The number of rotatable bonds is 3. The van der Waals surface area contributed by atoms with Gasteiger partial charge < -0.3 is 14.5 Å². The van der Waals surface area contributed by atoms with Crippen LogP contribution in [0.3, 0.4) is 0 Å². The lowest BCUT2D eigenvalue weighted by molar-refractivity contribution is -0.0248. The molecule has 0 aliphatic carbocycles. The topological polar surface area (TPSA) is 58.6 Å². The summed E-state index contributed by atoms with van der Waals surface area (Å²) in [6.45, 7) is 5.71. The number of hydrogen-bond acceptors (Lipinski definition) is 5. The van der Waals surface area contributed by atoms with Crippen molar-refractivity contribution in [3.8, 4) is 0 Å². The van der Waals surface area contributed by atoms with Gasteiger partial charge in [-0.25, -0.2) is 9.97 Å². The van der Waals surface area contributed by atoms with Gasteiger partial charge >= 0.3 is 0 Å². The van der Waals surface area contributed by atoms with Crippen molar-refractivity contribution >= 4 is 11.6 Å². The first-order valence-corrected chi connectivity index (χ1v) is 9.26. The number of amides is 1. The molecule has 1 aromatic carbocycles. The van der Waals surface area contributed by atoms with Crippen molar-refractivity contribution in [3.05, 3.63) is 53.6 Å². The van der Waals surface area contributed by atoms with E-state index < -0.39 is 0 Å². The van der Waals surface area contributed by atoms with E-state index in [9.17, 15) is 4.79 Å². The molecule has 0 bridgehead atoms. The van der Waals surface area contributed by atoms with Crippen molar-refractivity contribution in [2.45, 2.75) is 25.9 Å². The summed E-state index contributed by atoms with van der Waals surface area (Å²) in [6.07, 6.45) is 4.04. The molecular weight excluding hydrogens is 328 g/mol. The van der Waals surface area contributed by atoms with E-state index in [2.05, 4.69) is 27.0 Å². The normalized spacial score (nSPS) is 20.4. The molecule has 0 radical (unpaired) electrons. The molecule has 0 N–H and O–H groups in total. The third-order valence-electron chi connectivity index (χ3n) is 5.07. The predicted octanol–water partition coefficient (Wildman–Crippen LogP) is 2.60. The van der Waals surface area contributed by atoms with Gasteiger partial charge in [0.15, 0.2) is 0 Å². The molecular formula is C20H24N4O2. The van der Waals surface area contributed by atoms with Gasteiger partial charge in [-0.1, -0.05) is 0 Å². The van der Waals surface area contributed by atoms with Crippen LogP contribution in [0.5, 0.6) is 0 Å². The molecule has 0 unspecified atom stereocenters. The number of aryl methyl sites for hydroxylation is 1. The van der Waals surface area contributed by atoms with Gasteiger partial charge in [0.2, 0.25) is 0 Å². The summed E-state index contributed by atoms with van der Waals surface area (Å²) in [4.78, 5) is 25.7. The molecule has 2 fully saturated rings. The van der Waals surface area contributed by atoms with Gasteiger partial charge in [0.05, 0.1) is 18.8 Å². The SMILES string of the molecule is Cc1nccc([C@@H]2CN(C(=O)c3ccc(N4CCCC4)cc3)CCO2)n1. The fraction of sp³-hybridized carbons (Fsp3) is 0.450. The number of nitrogens with zero attached hydrogens (tertiary/aromatic N) is 4. The van der Waals surface area contributed by atoms with Gasteiger partial charge in [-0.3, -0.25) is 4.79 Å². The van der Waals surface area contributed by atoms with Crippen LogP contribution < -0.4 is 4.90 Å². The molecule has 1 aromatic heterocycles. The maximum atomic E-state index is 12.9. The molecule has 1 atom stereocenters. The van der Waals surface area contributed by atoms with E-state index in [0.717, 1.165) is 24.3 Å². The van der Waals surface area contributed by atoms with Gasteiger partial charge in [-0.2, -0.15) is 0 Å². The Morgan fingerprint density at radius 3 is 2.62 bits per heavy atom. The highest BCUT2D eigenvalue weighted by molar-refractivity contribution is 5.94. The molecule has 4 rings (SSSR count). The molecule has 2 aliphatic heterocycles. The Hall–Kier alpha value is -2.47. The number of hydrogen-bond donors (Lipinski definition) is 0. The van der Waals surface area contributed by atoms with Crippen molar-refractivity contribution in [2.75, 3.05) is 37.7 Å². The van der Waals surface area contributed by atoms with Gasteiger partial charge in [0.1, 0.15) is 11.9 Å². The predicted molar refractivity (Wildman–Crippen MR) is 99.3 cm³/mol. The minimum absolute atomic E-state index is 0.0528. The zero-order chi connectivity index (χ0) is 17.9. The summed E-state index contributed by atoms with van der Waals surface area (Å²) in [5, 5.41) is 0. The molecule has 6 nitrogen and oxygen atoms in total. The van der Waals surface area contributed by atoms with Crippen LogP contribution in [0.25, 0.3) is 0 Å². The summed E-state index contributed by atoms with van der Waals surface area (Å²) >= 11 is 0. The van der Waals surface area contributed by atoms with E-state index >= 15 is 0 Å². The summed E-state index contributed by atoms with van der Waals surface area (Å²) in [6, 6.07) is 9.86. The van der Waals surface area contributed by atoms with Crippen molar-refractivity contribution in [2.24, 2.45) is 0 Å². The van der Waals surface area contributed by atoms with E-state index in [1.54, 1.807) is 6.20 Å². The molecule has 0 saturated carbocycles. The van der Waals surface area contributed by atoms with Crippen molar-refractivity contribution in [1.29, 1.82) is 0 Å². The van der Waals surface area contributed by atoms with E-state index in [0.29, 0.717) is 25.5 Å². The average molecular weight is 352 g/mol. The first-order chi connectivity index (χ1) is 12.7. The molecule has 3 heterocycles. The van der Waals surface area contributed by atoms with E-state index in [4.69, 9.17) is 4.74 Å². The highest BCUT2D eigenvalue weighted by Gasteiger charge is 2.27. The van der Waals surface area contributed by atoms with Crippen LogP contribution in [-0.4, -0.2) is 53.6 Å². The van der Waals surface area contributed by atoms with E-state index in [1.807, 2.05) is 30.0 Å². The number of carbonyl (C=O) groups excluding carboxylic acids is 1. The molecule has 1 amide bonds. The second-order valence-corrected chi connectivity index (χ2v) is 6.88. The Balaban J connectivity index is 1.45. The van der Waals surface area contributed by atoms with Gasteiger partial charge in [-0.15, -0.1) is 0 Å². The molecule has 6 heteroatoms. The number of benzene rings is 1. The quantitative estimate of drug-likeness (QED) is 0.850. The van der Waals surface area contributed by atoms with Gasteiger partial charge in [0.25, 0.3) is 5.91 Å². The van der Waals surface area contributed by atoms with Crippen LogP contribution in [0, 0.1) is 6.92 Å².